The van der Waals surface area contributed by atoms with Gasteiger partial charge < -0.3 is 9.64 Å². The molecule has 1 saturated heterocycles. The summed E-state index contributed by atoms with van der Waals surface area (Å²) >= 11 is 0. The molecule has 1 fully saturated rings. The van der Waals surface area contributed by atoms with Gasteiger partial charge in [0.05, 0.1) is 12.7 Å². The molecule has 8 nitrogen and oxygen atoms in total. The first-order chi connectivity index (χ1) is 11.9. The van der Waals surface area contributed by atoms with E-state index in [1.54, 1.807) is 29.2 Å². The molecule has 0 bridgehead atoms. The molecule has 130 valence electrons. The highest BCUT2D eigenvalue weighted by Gasteiger charge is 2.34. The van der Waals surface area contributed by atoms with Crippen LogP contribution in [0.5, 0.6) is 0 Å². The number of methoxy groups -OCH3 is 1. The molecule has 2 aromatic rings. The lowest BCUT2D eigenvalue weighted by molar-refractivity contribution is -0.119. The quantitative estimate of drug-likeness (QED) is 0.748. The molecule has 0 saturated carbocycles. The fourth-order valence-corrected chi connectivity index (χ4v) is 2.90. The molecule has 0 radical (unpaired) electrons. The summed E-state index contributed by atoms with van der Waals surface area (Å²) in [6.07, 6.45) is 1.81. The summed E-state index contributed by atoms with van der Waals surface area (Å²) in [6, 6.07) is 7.11. The summed E-state index contributed by atoms with van der Waals surface area (Å²) in [5.41, 5.74) is 0.0948. The van der Waals surface area contributed by atoms with Gasteiger partial charge >= 0.3 is 11.7 Å². The molecule has 25 heavy (non-hydrogen) atoms. The van der Waals surface area contributed by atoms with Crippen molar-refractivity contribution in [3.8, 4) is 0 Å². The number of hydrogen-bond acceptors (Lipinski definition) is 5. The van der Waals surface area contributed by atoms with Crippen molar-refractivity contribution in [3.05, 3.63) is 62.9 Å². The minimum Gasteiger partial charge on any atom is -0.465 e. The van der Waals surface area contributed by atoms with E-state index >= 15 is 0 Å². The van der Waals surface area contributed by atoms with Gasteiger partial charge in [0.15, 0.2) is 0 Å². The number of amides is 1. The van der Waals surface area contributed by atoms with Crippen LogP contribution in [0.1, 0.15) is 22.8 Å². The molecule has 8 heteroatoms. The lowest BCUT2D eigenvalue weighted by atomic mass is 10.2. The van der Waals surface area contributed by atoms with Crippen molar-refractivity contribution < 1.29 is 14.3 Å². The van der Waals surface area contributed by atoms with Gasteiger partial charge in [0.1, 0.15) is 6.04 Å². The third-order valence-electron chi connectivity index (χ3n) is 4.33. The summed E-state index contributed by atoms with van der Waals surface area (Å²) in [4.78, 5) is 49.5. The highest BCUT2D eigenvalue weighted by atomic mass is 16.5. The van der Waals surface area contributed by atoms with Crippen LogP contribution in [0.15, 0.2) is 46.1 Å². The fourth-order valence-electron chi connectivity index (χ4n) is 2.90. The van der Waals surface area contributed by atoms with E-state index in [2.05, 4.69) is 4.74 Å². The van der Waals surface area contributed by atoms with Crippen LogP contribution in [0.25, 0.3) is 0 Å². The lowest BCUT2D eigenvalue weighted by Crippen LogP contribution is -2.40. The normalized spacial score (nSPS) is 17.0. The maximum Gasteiger partial charge on any atom is 0.337 e. The fraction of sp³-hybridized carbons (Fsp3) is 0.294. The van der Waals surface area contributed by atoms with Crippen LogP contribution in [-0.2, 0) is 16.6 Å². The number of hydrogen-bond donors (Lipinski definition) is 0. The van der Waals surface area contributed by atoms with Crippen molar-refractivity contribution in [1.29, 1.82) is 0 Å². The summed E-state index contributed by atoms with van der Waals surface area (Å²) in [5, 5.41) is 0. The average molecular weight is 343 g/mol. The molecule has 1 aliphatic rings. The minimum absolute atomic E-state index is 0.230. The third-order valence-corrected chi connectivity index (χ3v) is 4.33. The van der Waals surface area contributed by atoms with Crippen LogP contribution < -0.4 is 16.1 Å². The monoisotopic (exact) mass is 343 g/mol. The molecule has 1 unspecified atom stereocenters. The van der Waals surface area contributed by atoms with Crippen molar-refractivity contribution >= 4 is 17.6 Å². The molecular weight excluding hydrogens is 326 g/mol. The molecule has 1 aliphatic heterocycles. The maximum atomic E-state index is 12.7. The van der Waals surface area contributed by atoms with Gasteiger partial charge in [-0.2, -0.15) is 0 Å². The first-order valence-electron chi connectivity index (χ1n) is 7.72. The Morgan fingerprint density at radius 3 is 2.44 bits per heavy atom. The van der Waals surface area contributed by atoms with E-state index in [-0.39, 0.29) is 5.91 Å². The van der Waals surface area contributed by atoms with Crippen molar-refractivity contribution in [3.63, 3.8) is 0 Å². The van der Waals surface area contributed by atoms with Gasteiger partial charge in [0.2, 0.25) is 5.91 Å². The molecule has 0 N–H and O–H groups in total. The van der Waals surface area contributed by atoms with Gasteiger partial charge in [-0.3, -0.25) is 18.7 Å². The average Bonchev–Trinajstić information content (AvgIpc) is 3.00. The molecular formula is C17H17N3O5. The zero-order chi connectivity index (χ0) is 18.1. The zero-order valence-electron chi connectivity index (χ0n) is 13.8. The number of nitrogens with zero attached hydrogens (tertiary/aromatic N) is 3. The lowest BCUT2D eigenvalue weighted by Gasteiger charge is -2.18. The molecule has 1 aromatic carbocycles. The van der Waals surface area contributed by atoms with Crippen LogP contribution in [0.2, 0.25) is 0 Å². The van der Waals surface area contributed by atoms with Crippen molar-refractivity contribution in [2.24, 2.45) is 7.05 Å². The third kappa shape index (κ3) is 2.86. The Bertz CT molecular complexity index is 942. The molecule has 3 rings (SSSR count). The van der Waals surface area contributed by atoms with Crippen molar-refractivity contribution in [1.82, 2.24) is 9.13 Å². The van der Waals surface area contributed by atoms with Crippen molar-refractivity contribution in [2.45, 2.75) is 12.5 Å². The smallest absolute Gasteiger partial charge is 0.337 e. The Labute approximate surface area is 142 Å². The molecule has 1 amide bonds. The number of carbonyl (C=O) groups excluding carboxylic acids is 2. The van der Waals surface area contributed by atoms with Gasteiger partial charge in [-0.15, -0.1) is 0 Å². The molecule has 0 spiro atoms. The van der Waals surface area contributed by atoms with E-state index < -0.39 is 23.3 Å². The van der Waals surface area contributed by atoms with Crippen LogP contribution in [0, 0.1) is 0 Å². The largest absolute Gasteiger partial charge is 0.465 e. The van der Waals surface area contributed by atoms with Crippen molar-refractivity contribution in [2.75, 3.05) is 18.6 Å². The topological polar surface area (TPSA) is 90.6 Å². The summed E-state index contributed by atoms with van der Waals surface area (Å²) in [7, 11) is 2.68. The number of benzene rings is 1. The molecule has 0 aliphatic carbocycles. The molecule has 1 aromatic heterocycles. The van der Waals surface area contributed by atoms with Gasteiger partial charge in [-0.1, -0.05) is 0 Å². The Hall–Kier alpha value is -3.16. The SMILES string of the molecule is COC(=O)c1ccc(N2CCC(n3ccc(=O)n(C)c3=O)C2=O)cc1. The van der Waals surface area contributed by atoms with Crippen LogP contribution in [0.4, 0.5) is 5.69 Å². The Morgan fingerprint density at radius 1 is 1.12 bits per heavy atom. The maximum absolute atomic E-state index is 12.7. The van der Waals surface area contributed by atoms with Crippen LogP contribution in [-0.4, -0.2) is 34.7 Å². The number of carbonyl (C=O) groups is 2. The van der Waals surface area contributed by atoms with Gasteiger partial charge in [0.25, 0.3) is 5.56 Å². The van der Waals surface area contributed by atoms with E-state index in [0.29, 0.717) is 24.2 Å². The number of esters is 1. The molecule has 1 atom stereocenters. The highest BCUT2D eigenvalue weighted by molar-refractivity contribution is 5.99. The summed E-state index contributed by atoms with van der Waals surface area (Å²) in [6.45, 7) is 0.441. The van der Waals surface area contributed by atoms with E-state index in [0.717, 1.165) is 4.57 Å². The van der Waals surface area contributed by atoms with Crippen LogP contribution >= 0.6 is 0 Å². The van der Waals surface area contributed by atoms with E-state index in [1.165, 1.54) is 31.0 Å². The zero-order valence-corrected chi connectivity index (χ0v) is 13.8. The standard InChI is InChI=1S/C17H17N3O5/c1-18-14(21)8-10-20(17(18)24)13-7-9-19(15(13)22)12-5-3-11(4-6-12)16(23)25-2/h3-6,8,10,13H,7,9H2,1-2H3. The summed E-state index contributed by atoms with van der Waals surface area (Å²) < 4.78 is 6.90. The number of rotatable bonds is 3. The molecule has 2 heterocycles. The Morgan fingerprint density at radius 2 is 1.80 bits per heavy atom. The van der Waals surface area contributed by atoms with Gasteiger partial charge in [-0.25, -0.2) is 9.59 Å². The van der Waals surface area contributed by atoms with Crippen LogP contribution in [0.3, 0.4) is 0 Å². The Kier molecular flexibility index (Phi) is 4.26. The first-order valence-corrected chi connectivity index (χ1v) is 7.72. The number of anilines is 1. The van der Waals surface area contributed by atoms with E-state index in [1.807, 2.05) is 0 Å². The number of ether oxygens (including phenoxy) is 1. The Balaban J connectivity index is 1.87. The second kappa shape index (κ2) is 6.39. The van der Waals surface area contributed by atoms with Gasteiger partial charge in [-0.05, 0) is 30.7 Å². The van der Waals surface area contributed by atoms with Gasteiger partial charge in [0, 0.05) is 31.5 Å². The first kappa shape index (κ1) is 16.7. The highest BCUT2D eigenvalue weighted by Crippen LogP contribution is 2.27. The predicted molar refractivity (Wildman–Crippen MR) is 89.7 cm³/mol. The van der Waals surface area contributed by atoms with E-state index in [4.69, 9.17) is 0 Å². The minimum atomic E-state index is -0.653. The number of aromatic nitrogens is 2. The second-order valence-corrected chi connectivity index (χ2v) is 5.74. The van der Waals surface area contributed by atoms with E-state index in [9.17, 15) is 19.2 Å². The predicted octanol–water partition coefficient (Wildman–Crippen LogP) is 0.312. The summed E-state index contributed by atoms with van der Waals surface area (Å²) in [5.74, 6) is -0.680. The second-order valence-electron chi connectivity index (χ2n) is 5.74.